The normalized spacial score (nSPS) is 22.4. The molecule has 3 rings (SSSR count). The molecule has 2 aromatic rings. The molecule has 0 saturated carbocycles. The van der Waals surface area contributed by atoms with E-state index in [0.717, 1.165) is 36.1 Å². The van der Waals surface area contributed by atoms with Crippen LogP contribution >= 0.6 is 0 Å². The summed E-state index contributed by atoms with van der Waals surface area (Å²) in [6, 6.07) is 4.01. The highest BCUT2D eigenvalue weighted by Crippen LogP contribution is 2.36. The Morgan fingerprint density at radius 2 is 2.10 bits per heavy atom. The van der Waals surface area contributed by atoms with Crippen molar-refractivity contribution in [1.29, 1.82) is 0 Å². The molecule has 0 spiro atoms. The Bertz CT molecular complexity index is 643. The van der Waals surface area contributed by atoms with Crippen LogP contribution in [0.5, 0.6) is 0 Å². The molecule has 0 amide bonds. The zero-order valence-corrected chi connectivity index (χ0v) is 12.1. The number of hydrogen-bond acceptors (Lipinski definition) is 5. The van der Waals surface area contributed by atoms with Crippen molar-refractivity contribution < 1.29 is 9.26 Å². The van der Waals surface area contributed by atoms with Gasteiger partial charge in [-0.15, -0.1) is 0 Å². The molecule has 1 aromatic heterocycles. The Hall–Kier alpha value is -1.88. The maximum absolute atomic E-state index is 6.12. The topological polar surface area (TPSA) is 74.2 Å². The average Bonchev–Trinajstić information content (AvgIpc) is 3.03. The summed E-state index contributed by atoms with van der Waals surface area (Å²) in [6.07, 6.45) is 1.93. The third-order valence-electron chi connectivity index (χ3n) is 3.88. The van der Waals surface area contributed by atoms with Gasteiger partial charge in [-0.1, -0.05) is 11.2 Å². The number of aryl methyl sites for hydroxylation is 2. The molecule has 1 unspecified atom stereocenters. The molecule has 2 heterocycles. The number of aromatic nitrogens is 2. The van der Waals surface area contributed by atoms with Crippen molar-refractivity contribution in [1.82, 2.24) is 10.1 Å². The quantitative estimate of drug-likeness (QED) is 0.851. The molecule has 0 bridgehead atoms. The van der Waals surface area contributed by atoms with Gasteiger partial charge in [0.1, 0.15) is 5.60 Å². The molecule has 1 aromatic carbocycles. The molecule has 5 nitrogen and oxygen atoms in total. The summed E-state index contributed by atoms with van der Waals surface area (Å²) in [5.41, 5.74) is 9.30. The van der Waals surface area contributed by atoms with Gasteiger partial charge in [0.25, 0.3) is 5.89 Å². The van der Waals surface area contributed by atoms with Crippen molar-refractivity contribution in [2.45, 2.75) is 39.2 Å². The Balaban J connectivity index is 2.02. The summed E-state index contributed by atoms with van der Waals surface area (Å²) in [5.74, 6) is 1.06. The highest BCUT2D eigenvalue weighted by molar-refractivity contribution is 5.74. The van der Waals surface area contributed by atoms with E-state index in [1.54, 1.807) is 0 Å². The monoisotopic (exact) mass is 273 g/mol. The zero-order chi connectivity index (χ0) is 14.3. The molecule has 1 saturated heterocycles. The van der Waals surface area contributed by atoms with E-state index in [9.17, 15) is 0 Å². The summed E-state index contributed by atoms with van der Waals surface area (Å²) in [7, 11) is 0. The molecule has 1 fully saturated rings. The van der Waals surface area contributed by atoms with Gasteiger partial charge in [0.15, 0.2) is 0 Å². The van der Waals surface area contributed by atoms with Crippen LogP contribution in [0.4, 0.5) is 5.69 Å². The van der Waals surface area contributed by atoms with Gasteiger partial charge in [-0.3, -0.25) is 0 Å². The number of rotatable bonds is 2. The number of nitrogens with two attached hydrogens (primary N) is 1. The molecular formula is C15H19N3O2. The first-order valence-corrected chi connectivity index (χ1v) is 6.85. The molecular weight excluding hydrogens is 254 g/mol. The van der Waals surface area contributed by atoms with Gasteiger partial charge in [0.2, 0.25) is 5.82 Å². The van der Waals surface area contributed by atoms with Gasteiger partial charge in [-0.2, -0.15) is 4.98 Å². The summed E-state index contributed by atoms with van der Waals surface area (Å²) in [5, 5.41) is 4.08. The van der Waals surface area contributed by atoms with Gasteiger partial charge >= 0.3 is 0 Å². The van der Waals surface area contributed by atoms with Crippen molar-refractivity contribution in [2.75, 3.05) is 12.3 Å². The lowest BCUT2D eigenvalue weighted by molar-refractivity contribution is 0.00768. The Labute approximate surface area is 118 Å². The van der Waals surface area contributed by atoms with Crippen LogP contribution in [0.1, 0.15) is 36.7 Å². The van der Waals surface area contributed by atoms with Crippen LogP contribution < -0.4 is 5.73 Å². The lowest BCUT2D eigenvalue weighted by atomic mass is 10.0. The molecule has 0 aliphatic carbocycles. The largest absolute Gasteiger partial charge is 0.398 e. The first kappa shape index (κ1) is 13.1. The smallest absolute Gasteiger partial charge is 0.260 e. The molecule has 1 atom stereocenters. The van der Waals surface area contributed by atoms with Gasteiger partial charge in [-0.05, 0) is 50.8 Å². The van der Waals surface area contributed by atoms with E-state index in [1.165, 1.54) is 0 Å². The minimum Gasteiger partial charge on any atom is -0.398 e. The van der Waals surface area contributed by atoms with Crippen LogP contribution in [0.3, 0.4) is 0 Å². The number of benzene rings is 1. The third-order valence-corrected chi connectivity index (χ3v) is 3.88. The van der Waals surface area contributed by atoms with E-state index >= 15 is 0 Å². The maximum Gasteiger partial charge on any atom is 0.260 e. The minimum atomic E-state index is -0.435. The summed E-state index contributed by atoms with van der Waals surface area (Å²) in [6.45, 7) is 6.74. The van der Waals surface area contributed by atoms with Gasteiger partial charge < -0.3 is 15.0 Å². The van der Waals surface area contributed by atoms with Gasteiger partial charge in [-0.25, -0.2) is 0 Å². The van der Waals surface area contributed by atoms with E-state index in [4.69, 9.17) is 15.0 Å². The fourth-order valence-electron chi connectivity index (χ4n) is 2.66. The first-order chi connectivity index (χ1) is 9.49. The second-order valence-corrected chi connectivity index (χ2v) is 5.65. The zero-order valence-electron chi connectivity index (χ0n) is 12.1. The van der Waals surface area contributed by atoms with Gasteiger partial charge in [0, 0.05) is 12.3 Å². The standard InChI is InChI=1S/C15H19N3O2/c1-9-7-10(2)12(16)11(8-9)13-17-14(18-20-13)15(3)5-4-6-19-15/h7-8H,4-6,16H2,1-3H3. The van der Waals surface area contributed by atoms with Crippen molar-refractivity contribution in [3.05, 3.63) is 29.1 Å². The first-order valence-electron chi connectivity index (χ1n) is 6.85. The Morgan fingerprint density at radius 1 is 1.30 bits per heavy atom. The molecule has 1 aliphatic rings. The number of anilines is 1. The fraction of sp³-hybridized carbons (Fsp3) is 0.467. The second-order valence-electron chi connectivity index (χ2n) is 5.65. The number of hydrogen-bond donors (Lipinski definition) is 1. The summed E-state index contributed by atoms with van der Waals surface area (Å²) >= 11 is 0. The second kappa shape index (κ2) is 4.59. The highest BCUT2D eigenvalue weighted by Gasteiger charge is 2.36. The Kier molecular flexibility index (Phi) is 3.01. The maximum atomic E-state index is 6.12. The number of ether oxygens (including phenoxy) is 1. The number of nitrogens with zero attached hydrogens (tertiary/aromatic N) is 2. The summed E-state index contributed by atoms with van der Waals surface area (Å²) in [4.78, 5) is 4.49. The van der Waals surface area contributed by atoms with Crippen molar-refractivity contribution in [3.8, 4) is 11.5 Å². The molecule has 0 radical (unpaired) electrons. The van der Waals surface area contributed by atoms with Crippen LogP contribution in [0.15, 0.2) is 16.7 Å². The van der Waals surface area contributed by atoms with E-state index in [2.05, 4.69) is 10.1 Å². The minimum absolute atomic E-state index is 0.435. The van der Waals surface area contributed by atoms with Gasteiger partial charge in [0.05, 0.1) is 5.56 Å². The van der Waals surface area contributed by atoms with Crippen LogP contribution in [0, 0.1) is 13.8 Å². The fourth-order valence-corrected chi connectivity index (χ4v) is 2.66. The number of nitrogen functional groups attached to an aromatic ring is 1. The predicted molar refractivity (Wildman–Crippen MR) is 76.2 cm³/mol. The molecule has 1 aliphatic heterocycles. The molecule has 106 valence electrons. The van der Waals surface area contributed by atoms with Crippen molar-refractivity contribution in [2.24, 2.45) is 0 Å². The SMILES string of the molecule is Cc1cc(C)c(N)c(-c2nc(C3(C)CCCO3)no2)c1. The predicted octanol–water partition coefficient (Wildman–Crippen LogP) is 2.96. The average molecular weight is 273 g/mol. The van der Waals surface area contributed by atoms with Crippen molar-refractivity contribution >= 4 is 5.69 Å². The van der Waals surface area contributed by atoms with E-state index < -0.39 is 5.60 Å². The molecule has 2 N–H and O–H groups in total. The van der Waals surface area contributed by atoms with Crippen molar-refractivity contribution in [3.63, 3.8) is 0 Å². The molecule has 20 heavy (non-hydrogen) atoms. The van der Waals surface area contributed by atoms with E-state index in [1.807, 2.05) is 32.9 Å². The lowest BCUT2D eigenvalue weighted by Gasteiger charge is -2.17. The summed E-state index contributed by atoms with van der Waals surface area (Å²) < 4.78 is 11.1. The van der Waals surface area contributed by atoms with Crippen LogP contribution in [0.2, 0.25) is 0 Å². The Morgan fingerprint density at radius 3 is 2.80 bits per heavy atom. The van der Waals surface area contributed by atoms with Crippen LogP contribution in [-0.2, 0) is 10.3 Å². The lowest BCUT2D eigenvalue weighted by Crippen LogP contribution is -2.21. The van der Waals surface area contributed by atoms with Crippen LogP contribution in [0.25, 0.3) is 11.5 Å². The molecule has 5 heteroatoms. The van der Waals surface area contributed by atoms with E-state index in [-0.39, 0.29) is 0 Å². The third kappa shape index (κ3) is 2.08. The van der Waals surface area contributed by atoms with Crippen LogP contribution in [-0.4, -0.2) is 16.7 Å². The van der Waals surface area contributed by atoms with E-state index in [0.29, 0.717) is 17.4 Å². The highest BCUT2D eigenvalue weighted by atomic mass is 16.5.